The predicted molar refractivity (Wildman–Crippen MR) is 94.2 cm³/mol. The zero-order chi connectivity index (χ0) is 19.8. The molecule has 1 aliphatic heterocycles. The second-order valence-electron chi connectivity index (χ2n) is 6.57. The maximum atomic E-state index is 13.8. The van der Waals surface area contributed by atoms with Crippen LogP contribution in [0.1, 0.15) is 35.6 Å². The highest BCUT2D eigenvalue weighted by molar-refractivity contribution is 5.89. The Morgan fingerprint density at radius 3 is 2.74 bits per heavy atom. The Labute approximate surface area is 156 Å². The van der Waals surface area contributed by atoms with E-state index in [2.05, 4.69) is 4.98 Å². The first kappa shape index (κ1) is 19.3. The van der Waals surface area contributed by atoms with Crippen LogP contribution in [0, 0.1) is 0 Å². The van der Waals surface area contributed by atoms with E-state index >= 15 is 0 Å². The summed E-state index contributed by atoms with van der Waals surface area (Å²) in [6.45, 7) is 3.70. The van der Waals surface area contributed by atoms with Gasteiger partial charge in [0.1, 0.15) is 11.6 Å². The zero-order valence-corrected chi connectivity index (χ0v) is 15.7. The Balaban J connectivity index is 2.17. The van der Waals surface area contributed by atoms with E-state index in [0.717, 1.165) is 6.92 Å². The molecule has 1 aliphatic rings. The van der Waals surface area contributed by atoms with Crippen LogP contribution in [0.3, 0.4) is 0 Å². The number of hydrogen-bond acceptors (Lipinski definition) is 5. The molecule has 3 rings (SSSR count). The lowest BCUT2D eigenvalue weighted by atomic mass is 10.1. The molecule has 0 fully saturated rings. The Morgan fingerprint density at radius 1 is 1.37 bits per heavy atom. The van der Waals surface area contributed by atoms with Crippen LogP contribution >= 0.6 is 0 Å². The molecule has 0 saturated heterocycles. The molecule has 0 radical (unpaired) electrons. The van der Waals surface area contributed by atoms with Crippen molar-refractivity contribution in [1.29, 1.82) is 0 Å². The van der Waals surface area contributed by atoms with Crippen molar-refractivity contribution in [3.05, 3.63) is 35.2 Å². The minimum Gasteiger partial charge on any atom is -0.496 e. The van der Waals surface area contributed by atoms with Crippen LogP contribution in [-0.4, -0.2) is 42.5 Å². The highest BCUT2D eigenvalue weighted by Gasteiger charge is 2.30. The van der Waals surface area contributed by atoms with Crippen LogP contribution in [0.15, 0.2) is 18.2 Å². The topological polar surface area (TPSA) is 62.6 Å². The summed E-state index contributed by atoms with van der Waals surface area (Å²) >= 11 is 0. The first-order valence-corrected chi connectivity index (χ1v) is 8.62. The van der Waals surface area contributed by atoms with Gasteiger partial charge in [-0.1, -0.05) is 6.07 Å². The molecular weight excluding hydrogens is 358 g/mol. The third-order valence-corrected chi connectivity index (χ3v) is 4.56. The second kappa shape index (κ2) is 7.26. The average molecular weight is 380 g/mol. The molecule has 0 unspecified atom stereocenters. The summed E-state index contributed by atoms with van der Waals surface area (Å²) in [4.78, 5) is 16.6. The van der Waals surface area contributed by atoms with Crippen molar-refractivity contribution >= 4 is 5.97 Å². The number of aromatic nitrogens is 2. The number of alkyl halides is 2. The fourth-order valence-corrected chi connectivity index (χ4v) is 3.28. The molecule has 27 heavy (non-hydrogen) atoms. The number of carbonyl (C=O) groups excluding carboxylic acids is 1. The maximum absolute atomic E-state index is 13.8. The van der Waals surface area contributed by atoms with E-state index in [1.54, 1.807) is 6.07 Å². The molecule has 0 aliphatic carbocycles. The summed E-state index contributed by atoms with van der Waals surface area (Å²) in [5.74, 6) is -3.02. The molecule has 1 aromatic heterocycles. The molecular formula is C19H22F2N2O4. The number of esters is 1. The molecule has 8 heteroatoms. The molecule has 6 nitrogen and oxygen atoms in total. The van der Waals surface area contributed by atoms with Gasteiger partial charge in [-0.05, 0) is 19.1 Å². The van der Waals surface area contributed by atoms with Crippen molar-refractivity contribution < 1.29 is 27.8 Å². The molecule has 0 bridgehead atoms. The number of hydrogen-bond donors (Lipinski definition) is 0. The number of nitrogens with zero attached hydrogens (tertiary/aromatic N) is 2. The lowest BCUT2D eigenvalue weighted by molar-refractivity contribution is 0.0151. The van der Waals surface area contributed by atoms with E-state index in [0.29, 0.717) is 36.7 Å². The standard InChI is InChI=1S/C19H22F2N2O4/c1-11-10-23-14(7-8-27-11)16(18(24)26-4)22-17(23)12-5-6-13(19(2,20)21)15(9-12)25-3/h5-6,9,11H,7-8,10H2,1-4H3/t11-/m1/s1. The lowest BCUT2D eigenvalue weighted by Crippen LogP contribution is -2.15. The molecule has 1 atom stereocenters. The summed E-state index contributed by atoms with van der Waals surface area (Å²) in [6, 6.07) is 4.40. The van der Waals surface area contributed by atoms with Crippen molar-refractivity contribution in [2.24, 2.45) is 0 Å². The number of imidazole rings is 1. The first-order valence-electron chi connectivity index (χ1n) is 8.62. The minimum absolute atomic E-state index is 0.0647. The number of carbonyl (C=O) groups is 1. The lowest BCUT2D eigenvalue weighted by Gasteiger charge is -2.17. The van der Waals surface area contributed by atoms with Crippen LogP contribution in [0.2, 0.25) is 0 Å². The van der Waals surface area contributed by atoms with Gasteiger partial charge in [-0.15, -0.1) is 0 Å². The Kier molecular flexibility index (Phi) is 5.19. The van der Waals surface area contributed by atoms with Crippen molar-refractivity contribution in [1.82, 2.24) is 9.55 Å². The second-order valence-corrected chi connectivity index (χ2v) is 6.57. The highest BCUT2D eigenvalue weighted by atomic mass is 19.3. The Bertz CT molecular complexity index is 858. The number of halogens is 2. The number of benzene rings is 1. The monoisotopic (exact) mass is 380 g/mol. The Hall–Kier alpha value is -2.48. The van der Waals surface area contributed by atoms with Crippen LogP contribution in [-0.2, 0) is 28.4 Å². The van der Waals surface area contributed by atoms with Crippen molar-refractivity contribution in [2.45, 2.75) is 38.8 Å². The smallest absolute Gasteiger partial charge is 0.358 e. The molecule has 0 saturated carbocycles. The maximum Gasteiger partial charge on any atom is 0.358 e. The quantitative estimate of drug-likeness (QED) is 0.761. The summed E-state index contributed by atoms with van der Waals surface area (Å²) in [6.07, 6.45) is 0.426. The molecule has 0 spiro atoms. The van der Waals surface area contributed by atoms with E-state index in [4.69, 9.17) is 14.2 Å². The number of methoxy groups -OCH3 is 2. The van der Waals surface area contributed by atoms with E-state index in [1.165, 1.54) is 26.4 Å². The zero-order valence-electron chi connectivity index (χ0n) is 15.7. The fourth-order valence-electron chi connectivity index (χ4n) is 3.28. The van der Waals surface area contributed by atoms with Gasteiger partial charge >= 0.3 is 5.97 Å². The molecule has 2 aromatic rings. The van der Waals surface area contributed by atoms with Gasteiger partial charge in [0.15, 0.2) is 5.69 Å². The van der Waals surface area contributed by atoms with E-state index in [9.17, 15) is 13.6 Å². The summed E-state index contributed by atoms with van der Waals surface area (Å²) in [7, 11) is 2.64. The van der Waals surface area contributed by atoms with Crippen molar-refractivity contribution in [3.8, 4) is 17.1 Å². The van der Waals surface area contributed by atoms with Gasteiger partial charge in [0, 0.05) is 18.9 Å². The third-order valence-electron chi connectivity index (χ3n) is 4.56. The summed E-state index contributed by atoms with van der Waals surface area (Å²) in [5, 5.41) is 0. The molecule has 1 aromatic carbocycles. The average Bonchev–Trinajstić information content (AvgIpc) is 2.86. The van der Waals surface area contributed by atoms with E-state index < -0.39 is 11.9 Å². The Morgan fingerprint density at radius 2 is 2.11 bits per heavy atom. The van der Waals surface area contributed by atoms with Crippen molar-refractivity contribution in [2.75, 3.05) is 20.8 Å². The molecule has 2 heterocycles. The van der Waals surface area contributed by atoms with Gasteiger partial charge in [-0.2, -0.15) is 0 Å². The minimum atomic E-state index is -3.03. The van der Waals surface area contributed by atoms with Gasteiger partial charge in [0.25, 0.3) is 5.92 Å². The van der Waals surface area contributed by atoms with Gasteiger partial charge < -0.3 is 18.8 Å². The van der Waals surface area contributed by atoms with Crippen LogP contribution < -0.4 is 4.74 Å². The summed E-state index contributed by atoms with van der Waals surface area (Å²) in [5.41, 5.74) is 1.30. The van der Waals surface area contributed by atoms with Gasteiger partial charge in [0.2, 0.25) is 0 Å². The fraction of sp³-hybridized carbons (Fsp3) is 0.474. The largest absolute Gasteiger partial charge is 0.496 e. The van der Waals surface area contributed by atoms with Crippen molar-refractivity contribution in [3.63, 3.8) is 0 Å². The molecule has 0 amide bonds. The molecule has 146 valence electrons. The van der Waals surface area contributed by atoms with Gasteiger partial charge in [-0.3, -0.25) is 0 Å². The van der Waals surface area contributed by atoms with Gasteiger partial charge in [-0.25, -0.2) is 18.6 Å². The van der Waals surface area contributed by atoms with E-state index in [1.807, 2.05) is 11.5 Å². The van der Waals surface area contributed by atoms with E-state index in [-0.39, 0.29) is 23.1 Å². The van der Waals surface area contributed by atoms with Crippen LogP contribution in [0.4, 0.5) is 8.78 Å². The normalized spacial score (nSPS) is 17.2. The SMILES string of the molecule is COC(=O)c1nc(-c2ccc(C(C)(F)F)c(OC)c2)n2c1CCO[C@H](C)C2. The van der Waals surface area contributed by atoms with Crippen LogP contribution in [0.25, 0.3) is 11.4 Å². The number of rotatable bonds is 4. The highest BCUT2D eigenvalue weighted by Crippen LogP contribution is 2.37. The van der Waals surface area contributed by atoms with Crippen LogP contribution in [0.5, 0.6) is 5.75 Å². The number of ether oxygens (including phenoxy) is 3. The predicted octanol–water partition coefficient (Wildman–Crippen LogP) is 3.42. The summed E-state index contributed by atoms with van der Waals surface area (Å²) < 4.78 is 45.2. The number of fused-ring (bicyclic) bond motifs is 1. The third kappa shape index (κ3) is 3.66. The molecule has 0 N–H and O–H groups in total. The first-order chi connectivity index (χ1) is 12.8. The van der Waals surface area contributed by atoms with Gasteiger partial charge in [0.05, 0.1) is 44.7 Å².